The maximum atomic E-state index is 11.8. The summed E-state index contributed by atoms with van der Waals surface area (Å²) in [5.74, 6) is -1.33. The Bertz CT molecular complexity index is 406. The number of carbonyl (C=O) groups excluding carboxylic acids is 1. The Hall–Kier alpha value is -2.04. The topological polar surface area (TPSA) is 69.6 Å². The smallest absolute Gasteiger partial charge is 0.322 e. The monoisotopic (exact) mass is 250 g/mol. The van der Waals surface area contributed by atoms with Crippen molar-refractivity contribution in [3.63, 3.8) is 0 Å². The average molecular weight is 250 g/mol. The molecule has 2 N–H and O–H groups in total. The summed E-state index contributed by atoms with van der Waals surface area (Å²) in [6.45, 7) is 4.03. The highest BCUT2D eigenvalue weighted by atomic mass is 16.4. The van der Waals surface area contributed by atoms with Gasteiger partial charge in [0.25, 0.3) is 0 Å². The molecule has 0 radical (unpaired) electrons. The minimum atomic E-state index is -1.04. The Morgan fingerprint density at radius 2 is 1.94 bits per heavy atom. The lowest BCUT2D eigenvalue weighted by Gasteiger charge is -2.29. The Morgan fingerprint density at radius 1 is 1.33 bits per heavy atom. The first-order valence-electron chi connectivity index (χ1n) is 5.87. The fourth-order valence-corrected chi connectivity index (χ4v) is 1.75. The van der Waals surface area contributed by atoms with Crippen molar-refractivity contribution in [2.24, 2.45) is 0 Å². The minimum Gasteiger partial charge on any atom is -0.480 e. The molecule has 0 fully saturated rings. The molecule has 98 valence electrons. The number of anilines is 1. The third-order valence-electron chi connectivity index (χ3n) is 2.69. The summed E-state index contributed by atoms with van der Waals surface area (Å²) in [4.78, 5) is 24.1. The molecule has 0 aliphatic heterocycles. The number of nitrogens with zero attached hydrogens (tertiary/aromatic N) is 1. The van der Waals surface area contributed by atoms with E-state index in [0.717, 1.165) is 5.69 Å². The van der Waals surface area contributed by atoms with Gasteiger partial charge in [-0.15, -0.1) is 0 Å². The predicted molar refractivity (Wildman–Crippen MR) is 69.6 cm³/mol. The molecule has 1 aromatic rings. The second-order valence-electron chi connectivity index (χ2n) is 3.91. The van der Waals surface area contributed by atoms with Gasteiger partial charge in [0.2, 0.25) is 5.91 Å². The number of likely N-dealkylation sites (N-methyl/N-ethyl adjacent to an activating group) is 1. The largest absolute Gasteiger partial charge is 0.480 e. The van der Waals surface area contributed by atoms with Gasteiger partial charge in [-0.25, -0.2) is 0 Å². The first-order valence-corrected chi connectivity index (χ1v) is 5.87. The van der Waals surface area contributed by atoms with E-state index in [-0.39, 0.29) is 12.5 Å². The van der Waals surface area contributed by atoms with E-state index in [2.05, 4.69) is 5.32 Å². The summed E-state index contributed by atoms with van der Waals surface area (Å²) in [7, 11) is 0. The van der Waals surface area contributed by atoms with Crippen molar-refractivity contribution in [2.45, 2.75) is 19.9 Å². The van der Waals surface area contributed by atoms with E-state index in [4.69, 9.17) is 5.11 Å². The average Bonchev–Trinajstić information content (AvgIpc) is 2.38. The predicted octanol–water partition coefficient (Wildman–Crippen LogP) is 1.10. The van der Waals surface area contributed by atoms with Gasteiger partial charge in [-0.2, -0.15) is 0 Å². The summed E-state index contributed by atoms with van der Waals surface area (Å²) in [6, 6.07) is 9.15. The highest BCUT2D eigenvalue weighted by molar-refractivity contribution is 5.87. The van der Waals surface area contributed by atoms with Gasteiger partial charge in [0, 0.05) is 12.2 Å². The molecule has 1 rings (SSSR count). The molecule has 5 heteroatoms. The third-order valence-corrected chi connectivity index (χ3v) is 2.69. The summed E-state index contributed by atoms with van der Waals surface area (Å²) >= 11 is 0. The standard InChI is InChI=1S/C13H18N2O3/c1-3-15(11-7-5-4-6-8-11)10(2)13(18)14-9-12(16)17/h4-8,10H,3,9H2,1-2H3,(H,14,18)(H,16,17). The second-order valence-corrected chi connectivity index (χ2v) is 3.91. The fourth-order valence-electron chi connectivity index (χ4n) is 1.75. The maximum Gasteiger partial charge on any atom is 0.322 e. The van der Waals surface area contributed by atoms with Crippen LogP contribution in [0.25, 0.3) is 0 Å². The maximum absolute atomic E-state index is 11.8. The van der Waals surface area contributed by atoms with Crippen LogP contribution in [0.2, 0.25) is 0 Å². The highest BCUT2D eigenvalue weighted by Gasteiger charge is 2.20. The lowest BCUT2D eigenvalue weighted by molar-refractivity contribution is -0.138. The highest BCUT2D eigenvalue weighted by Crippen LogP contribution is 2.15. The molecule has 18 heavy (non-hydrogen) atoms. The van der Waals surface area contributed by atoms with Gasteiger partial charge >= 0.3 is 5.97 Å². The molecule has 0 heterocycles. The van der Waals surface area contributed by atoms with Crippen LogP contribution in [0.5, 0.6) is 0 Å². The molecule has 0 bridgehead atoms. The molecule has 1 atom stereocenters. The number of nitrogens with one attached hydrogen (secondary N) is 1. The zero-order valence-corrected chi connectivity index (χ0v) is 10.6. The van der Waals surface area contributed by atoms with Gasteiger partial charge in [-0.05, 0) is 26.0 Å². The lowest BCUT2D eigenvalue weighted by Crippen LogP contribution is -2.46. The number of hydrogen-bond donors (Lipinski definition) is 2. The van der Waals surface area contributed by atoms with Crippen molar-refractivity contribution in [1.82, 2.24) is 5.32 Å². The first-order chi connectivity index (χ1) is 8.56. The Labute approximate surface area is 106 Å². The van der Waals surface area contributed by atoms with Crippen molar-refractivity contribution < 1.29 is 14.7 Å². The van der Waals surface area contributed by atoms with Gasteiger partial charge in [-0.1, -0.05) is 18.2 Å². The number of hydrogen-bond acceptors (Lipinski definition) is 3. The molecule has 1 amide bonds. The number of benzene rings is 1. The lowest BCUT2D eigenvalue weighted by atomic mass is 10.2. The number of carboxylic acids is 1. The molecular formula is C13H18N2O3. The molecule has 0 aliphatic rings. The molecule has 0 saturated carbocycles. The van der Waals surface area contributed by atoms with E-state index in [9.17, 15) is 9.59 Å². The molecule has 0 saturated heterocycles. The quantitative estimate of drug-likeness (QED) is 0.793. The Kier molecular flexibility index (Phi) is 5.17. The van der Waals surface area contributed by atoms with E-state index < -0.39 is 12.0 Å². The number of carboxylic acid groups (broad SMARTS) is 1. The van der Waals surface area contributed by atoms with Gasteiger partial charge in [0.15, 0.2) is 0 Å². The Balaban J connectivity index is 2.70. The van der Waals surface area contributed by atoms with Gasteiger partial charge in [0.05, 0.1) is 0 Å². The number of aliphatic carboxylic acids is 1. The SMILES string of the molecule is CCN(c1ccccc1)C(C)C(=O)NCC(=O)O. The van der Waals surface area contributed by atoms with Crippen LogP contribution in [0.15, 0.2) is 30.3 Å². The van der Waals surface area contributed by atoms with Crippen molar-refractivity contribution in [1.29, 1.82) is 0 Å². The van der Waals surface area contributed by atoms with Crippen molar-refractivity contribution in [2.75, 3.05) is 18.0 Å². The second kappa shape index (κ2) is 6.64. The van der Waals surface area contributed by atoms with Gasteiger partial charge in [-0.3, -0.25) is 9.59 Å². The zero-order chi connectivity index (χ0) is 13.5. The third kappa shape index (κ3) is 3.76. The van der Waals surface area contributed by atoms with Crippen LogP contribution >= 0.6 is 0 Å². The first kappa shape index (κ1) is 14.0. The number of rotatable bonds is 6. The van der Waals surface area contributed by atoms with E-state index in [0.29, 0.717) is 6.54 Å². The van der Waals surface area contributed by atoms with E-state index in [1.54, 1.807) is 6.92 Å². The molecule has 0 spiro atoms. The zero-order valence-electron chi connectivity index (χ0n) is 10.6. The van der Waals surface area contributed by atoms with Crippen LogP contribution in [0.1, 0.15) is 13.8 Å². The fraction of sp³-hybridized carbons (Fsp3) is 0.385. The van der Waals surface area contributed by atoms with Crippen LogP contribution < -0.4 is 10.2 Å². The number of para-hydroxylation sites is 1. The van der Waals surface area contributed by atoms with Crippen molar-refractivity contribution in [3.8, 4) is 0 Å². The number of carbonyl (C=O) groups is 2. The van der Waals surface area contributed by atoms with Crippen LogP contribution in [-0.2, 0) is 9.59 Å². The van der Waals surface area contributed by atoms with Crippen LogP contribution in [0.3, 0.4) is 0 Å². The molecule has 5 nitrogen and oxygen atoms in total. The van der Waals surface area contributed by atoms with Crippen LogP contribution in [0, 0.1) is 0 Å². The summed E-state index contributed by atoms with van der Waals surface area (Å²) in [6.07, 6.45) is 0. The molecule has 1 aromatic carbocycles. The molecule has 0 aliphatic carbocycles. The summed E-state index contributed by atoms with van der Waals surface area (Å²) in [5.41, 5.74) is 0.943. The molecule has 1 unspecified atom stereocenters. The van der Waals surface area contributed by atoms with Crippen molar-refractivity contribution >= 4 is 17.6 Å². The Morgan fingerprint density at radius 3 is 2.44 bits per heavy atom. The van der Waals surface area contributed by atoms with E-state index in [1.165, 1.54) is 0 Å². The van der Waals surface area contributed by atoms with E-state index in [1.807, 2.05) is 42.2 Å². The van der Waals surface area contributed by atoms with Gasteiger partial charge < -0.3 is 15.3 Å². The molecule has 0 aromatic heterocycles. The van der Waals surface area contributed by atoms with Crippen molar-refractivity contribution in [3.05, 3.63) is 30.3 Å². The molecular weight excluding hydrogens is 232 g/mol. The number of amides is 1. The summed E-state index contributed by atoms with van der Waals surface area (Å²) in [5, 5.41) is 10.9. The summed E-state index contributed by atoms with van der Waals surface area (Å²) < 4.78 is 0. The van der Waals surface area contributed by atoms with Crippen LogP contribution in [-0.4, -0.2) is 36.1 Å². The van der Waals surface area contributed by atoms with Crippen LogP contribution in [0.4, 0.5) is 5.69 Å². The van der Waals surface area contributed by atoms with E-state index >= 15 is 0 Å². The van der Waals surface area contributed by atoms with Gasteiger partial charge in [0.1, 0.15) is 12.6 Å². The normalized spacial score (nSPS) is 11.7. The minimum absolute atomic E-state index is 0.289.